The van der Waals surface area contributed by atoms with Crippen molar-refractivity contribution in [2.24, 2.45) is 0 Å². The van der Waals surface area contributed by atoms with Gasteiger partial charge in [0.1, 0.15) is 0 Å². The van der Waals surface area contributed by atoms with Crippen LogP contribution < -0.4 is 0 Å². The number of hydrogen-bond acceptors (Lipinski definition) is 2. The molecule has 3 nitrogen and oxygen atoms in total. The first-order valence-electron chi connectivity index (χ1n) is 2.29. The van der Waals surface area contributed by atoms with Crippen LogP contribution >= 0.6 is 0 Å². The Labute approximate surface area is 49.5 Å². The summed E-state index contributed by atoms with van der Waals surface area (Å²) in [5.41, 5.74) is 0. The van der Waals surface area contributed by atoms with E-state index >= 15 is 0 Å². The van der Waals surface area contributed by atoms with Crippen LogP contribution in [0.15, 0.2) is 0 Å². The molecule has 49 valence electrons. The lowest BCUT2D eigenvalue weighted by Gasteiger charge is -1.89. The van der Waals surface area contributed by atoms with Gasteiger partial charge >= 0.3 is 0 Å². The second-order valence-corrected chi connectivity index (χ2v) is 3.06. The van der Waals surface area contributed by atoms with Crippen LogP contribution in [0.5, 0.6) is 0 Å². The van der Waals surface area contributed by atoms with E-state index in [0.29, 0.717) is 6.42 Å². The van der Waals surface area contributed by atoms with Gasteiger partial charge in [-0.1, -0.05) is 6.92 Å². The van der Waals surface area contributed by atoms with Gasteiger partial charge < -0.3 is 0 Å². The third kappa shape index (κ3) is 5.91. The van der Waals surface area contributed by atoms with Crippen LogP contribution in [0, 0.1) is 6.42 Å². The Morgan fingerprint density at radius 2 is 2.12 bits per heavy atom. The van der Waals surface area contributed by atoms with E-state index in [1.807, 2.05) is 0 Å². The fourth-order valence-corrected chi connectivity index (χ4v) is 0.800. The zero-order valence-electron chi connectivity index (χ0n) is 4.66. The van der Waals surface area contributed by atoms with Crippen LogP contribution in [0.25, 0.3) is 0 Å². The summed E-state index contributed by atoms with van der Waals surface area (Å²) in [6.45, 7) is 1.74. The van der Waals surface area contributed by atoms with E-state index in [1.54, 1.807) is 13.3 Å². The summed E-state index contributed by atoms with van der Waals surface area (Å²) in [4.78, 5) is 0. The van der Waals surface area contributed by atoms with E-state index in [-0.39, 0.29) is 5.75 Å². The van der Waals surface area contributed by atoms with Crippen molar-refractivity contribution < 1.29 is 13.0 Å². The lowest BCUT2D eigenvalue weighted by atomic mass is 10.4. The van der Waals surface area contributed by atoms with Gasteiger partial charge in [-0.05, 0) is 12.8 Å². The van der Waals surface area contributed by atoms with E-state index in [1.165, 1.54) is 0 Å². The number of unbranched alkanes of at least 4 members (excludes halogenated alkanes) is 1. The summed E-state index contributed by atoms with van der Waals surface area (Å²) in [6.07, 6.45) is 2.10. The zero-order chi connectivity index (χ0) is 6.62. The van der Waals surface area contributed by atoms with Crippen LogP contribution in [0.4, 0.5) is 0 Å². The van der Waals surface area contributed by atoms with Crippen molar-refractivity contribution in [3.63, 3.8) is 0 Å². The SMILES string of the molecule is C[CH]CCS(=O)(=O)O. The molecule has 0 saturated heterocycles. The van der Waals surface area contributed by atoms with Crippen LogP contribution in [-0.2, 0) is 10.1 Å². The molecule has 1 radical (unpaired) electrons. The summed E-state index contributed by atoms with van der Waals surface area (Å²) in [5.74, 6) is -0.163. The maximum atomic E-state index is 9.93. The van der Waals surface area contributed by atoms with Gasteiger partial charge in [-0.25, -0.2) is 0 Å². The van der Waals surface area contributed by atoms with Gasteiger partial charge in [0.25, 0.3) is 10.1 Å². The molecule has 0 bridgehead atoms. The first-order chi connectivity index (χ1) is 3.56. The molecule has 1 N–H and O–H groups in total. The Morgan fingerprint density at radius 3 is 2.25 bits per heavy atom. The molecule has 0 spiro atoms. The topological polar surface area (TPSA) is 54.4 Å². The summed E-state index contributed by atoms with van der Waals surface area (Å²) in [7, 11) is -3.72. The largest absolute Gasteiger partial charge is 0.286 e. The number of hydrogen-bond donors (Lipinski definition) is 1. The molecule has 0 aromatic carbocycles. The molecule has 4 heteroatoms. The standard InChI is InChI=1S/C4H9O3S/c1-2-3-4-8(5,6)7/h2H,3-4H2,1H3,(H,5,6,7). The zero-order valence-corrected chi connectivity index (χ0v) is 5.48. The molecule has 0 heterocycles. The van der Waals surface area contributed by atoms with Crippen molar-refractivity contribution in [2.45, 2.75) is 13.3 Å². The summed E-state index contributed by atoms with van der Waals surface area (Å²) in [5, 5.41) is 0. The Balaban J connectivity index is 3.42. The Bertz CT molecular complexity index is 135. The molecule has 0 aromatic rings. The average Bonchev–Trinajstić information content (AvgIpc) is 1.59. The minimum absolute atomic E-state index is 0.163. The Kier molecular flexibility index (Phi) is 3.01. The molecule has 0 rings (SSSR count). The van der Waals surface area contributed by atoms with E-state index in [9.17, 15) is 8.42 Å². The minimum Gasteiger partial charge on any atom is -0.286 e. The molecule has 0 aliphatic heterocycles. The second kappa shape index (κ2) is 3.04. The highest BCUT2D eigenvalue weighted by Crippen LogP contribution is 1.89. The summed E-state index contributed by atoms with van der Waals surface area (Å²) in [6, 6.07) is 0. The molecule has 0 amide bonds. The van der Waals surface area contributed by atoms with Crippen LogP contribution in [0.2, 0.25) is 0 Å². The lowest BCUT2D eigenvalue weighted by Crippen LogP contribution is -2.02. The van der Waals surface area contributed by atoms with Crippen molar-refractivity contribution in [3.8, 4) is 0 Å². The lowest BCUT2D eigenvalue weighted by molar-refractivity contribution is 0.482. The highest BCUT2D eigenvalue weighted by atomic mass is 32.2. The van der Waals surface area contributed by atoms with Gasteiger partial charge in [0, 0.05) is 0 Å². The van der Waals surface area contributed by atoms with Crippen LogP contribution in [-0.4, -0.2) is 18.7 Å². The fourth-order valence-electron chi connectivity index (χ4n) is 0.267. The third-order valence-electron chi connectivity index (χ3n) is 0.664. The van der Waals surface area contributed by atoms with E-state index in [2.05, 4.69) is 0 Å². The third-order valence-corrected chi connectivity index (χ3v) is 1.42. The highest BCUT2D eigenvalue weighted by molar-refractivity contribution is 7.85. The average molecular weight is 137 g/mol. The van der Waals surface area contributed by atoms with Crippen molar-refractivity contribution in [1.82, 2.24) is 0 Å². The number of rotatable bonds is 3. The Hall–Kier alpha value is -0.0900. The molecule has 0 aliphatic rings. The van der Waals surface area contributed by atoms with Gasteiger partial charge in [-0.2, -0.15) is 8.42 Å². The quantitative estimate of drug-likeness (QED) is 0.576. The van der Waals surface area contributed by atoms with Gasteiger partial charge in [-0.15, -0.1) is 0 Å². The normalized spacial score (nSPS) is 11.8. The van der Waals surface area contributed by atoms with E-state index < -0.39 is 10.1 Å². The van der Waals surface area contributed by atoms with Crippen LogP contribution in [0.1, 0.15) is 13.3 Å². The van der Waals surface area contributed by atoms with Crippen molar-refractivity contribution in [2.75, 3.05) is 5.75 Å². The first kappa shape index (κ1) is 7.91. The maximum Gasteiger partial charge on any atom is 0.264 e. The van der Waals surface area contributed by atoms with Gasteiger partial charge in [-0.3, -0.25) is 4.55 Å². The second-order valence-electron chi connectivity index (χ2n) is 1.48. The summed E-state index contributed by atoms with van der Waals surface area (Å²) < 4.78 is 28.0. The molecule has 0 aromatic heterocycles. The van der Waals surface area contributed by atoms with Gasteiger partial charge in [0.2, 0.25) is 0 Å². The minimum atomic E-state index is -3.72. The van der Waals surface area contributed by atoms with Gasteiger partial charge in [0.15, 0.2) is 0 Å². The van der Waals surface area contributed by atoms with Crippen molar-refractivity contribution in [1.29, 1.82) is 0 Å². The molecule has 0 atom stereocenters. The van der Waals surface area contributed by atoms with Crippen molar-refractivity contribution >= 4 is 10.1 Å². The maximum absolute atomic E-state index is 9.93. The fraction of sp³-hybridized carbons (Fsp3) is 0.750. The molecule has 0 unspecified atom stereocenters. The molecule has 0 saturated carbocycles. The van der Waals surface area contributed by atoms with Gasteiger partial charge in [0.05, 0.1) is 5.75 Å². The smallest absolute Gasteiger partial charge is 0.264 e. The molecular formula is C4H9O3S. The predicted molar refractivity (Wildman–Crippen MR) is 31.0 cm³/mol. The predicted octanol–water partition coefficient (Wildman–Crippen LogP) is 0.488. The molecule has 8 heavy (non-hydrogen) atoms. The molecular weight excluding hydrogens is 128 g/mol. The first-order valence-corrected chi connectivity index (χ1v) is 3.90. The van der Waals surface area contributed by atoms with Crippen LogP contribution in [0.3, 0.4) is 0 Å². The monoisotopic (exact) mass is 137 g/mol. The highest BCUT2D eigenvalue weighted by Gasteiger charge is 2.00. The van der Waals surface area contributed by atoms with Crippen molar-refractivity contribution in [3.05, 3.63) is 6.42 Å². The Morgan fingerprint density at radius 1 is 1.62 bits per heavy atom. The molecule has 0 aliphatic carbocycles. The summed E-state index contributed by atoms with van der Waals surface area (Å²) >= 11 is 0. The molecule has 0 fully saturated rings. The van der Waals surface area contributed by atoms with E-state index in [4.69, 9.17) is 4.55 Å². The van der Waals surface area contributed by atoms with E-state index in [0.717, 1.165) is 0 Å².